The fourth-order valence-electron chi connectivity index (χ4n) is 2.93. The summed E-state index contributed by atoms with van der Waals surface area (Å²) in [6, 6.07) is 20.1. The molecule has 0 saturated heterocycles. The second kappa shape index (κ2) is 9.08. The number of carbonyl (C=O) groups excluding carboxylic acids is 1. The van der Waals surface area contributed by atoms with Crippen molar-refractivity contribution in [3.8, 4) is 17.1 Å². The molecule has 0 aliphatic rings. The Morgan fingerprint density at radius 2 is 1.84 bits per heavy atom. The van der Waals surface area contributed by atoms with Gasteiger partial charge in [0.25, 0.3) is 5.91 Å². The molecule has 31 heavy (non-hydrogen) atoms. The van der Waals surface area contributed by atoms with Gasteiger partial charge in [0.05, 0.1) is 12.4 Å². The van der Waals surface area contributed by atoms with Gasteiger partial charge in [-0.05, 0) is 60.7 Å². The van der Waals surface area contributed by atoms with Gasteiger partial charge in [0.2, 0.25) is 0 Å². The van der Waals surface area contributed by atoms with Crippen LogP contribution in [-0.2, 0) is 4.79 Å². The summed E-state index contributed by atoms with van der Waals surface area (Å²) < 4.78 is 12.4. The van der Waals surface area contributed by atoms with E-state index in [2.05, 4.69) is 20.8 Å². The van der Waals surface area contributed by atoms with Crippen LogP contribution < -0.4 is 10.1 Å². The van der Waals surface area contributed by atoms with Gasteiger partial charge in [-0.2, -0.15) is 4.68 Å². The lowest BCUT2D eigenvalue weighted by molar-refractivity contribution is -0.111. The van der Waals surface area contributed by atoms with Gasteiger partial charge in [-0.1, -0.05) is 30.3 Å². The van der Waals surface area contributed by atoms with E-state index in [1.165, 1.54) is 10.9 Å². The fraction of sp³-hybridized carbons (Fsp3) is 0.130. The normalized spacial score (nSPS) is 11.5. The number of furan rings is 1. The molecule has 2 aromatic heterocycles. The Hall–Kier alpha value is -4.20. The van der Waals surface area contributed by atoms with Gasteiger partial charge >= 0.3 is 0 Å². The third-order valence-corrected chi connectivity index (χ3v) is 4.27. The lowest BCUT2D eigenvalue weighted by Gasteiger charge is -2.12. The monoisotopic (exact) mass is 415 g/mol. The molecule has 0 saturated carbocycles. The molecule has 0 unspecified atom stereocenters. The van der Waals surface area contributed by atoms with E-state index in [1.54, 1.807) is 42.5 Å². The Morgan fingerprint density at radius 1 is 1.06 bits per heavy atom. The molecule has 8 nitrogen and oxygen atoms in total. The molecule has 0 bridgehead atoms. The van der Waals surface area contributed by atoms with Crippen LogP contribution in [0, 0.1) is 0 Å². The van der Waals surface area contributed by atoms with Crippen molar-refractivity contribution in [1.82, 2.24) is 20.2 Å². The number of ether oxygens (including phenoxy) is 1. The topological polar surface area (TPSA) is 95.1 Å². The quantitative estimate of drug-likeness (QED) is 0.451. The van der Waals surface area contributed by atoms with Gasteiger partial charge in [-0.3, -0.25) is 4.79 Å². The molecule has 2 heterocycles. The number of benzene rings is 2. The summed E-state index contributed by atoms with van der Waals surface area (Å²) in [7, 11) is 0. The van der Waals surface area contributed by atoms with E-state index >= 15 is 0 Å². The van der Waals surface area contributed by atoms with Crippen molar-refractivity contribution in [1.29, 1.82) is 0 Å². The van der Waals surface area contributed by atoms with Crippen molar-refractivity contribution in [2.75, 3.05) is 5.32 Å². The van der Waals surface area contributed by atoms with Crippen LogP contribution in [0.15, 0.2) is 77.4 Å². The van der Waals surface area contributed by atoms with Crippen molar-refractivity contribution in [3.63, 3.8) is 0 Å². The van der Waals surface area contributed by atoms with Crippen molar-refractivity contribution in [3.05, 3.63) is 78.8 Å². The molecule has 1 N–H and O–H groups in total. The Morgan fingerprint density at radius 3 is 2.52 bits per heavy atom. The fourth-order valence-corrected chi connectivity index (χ4v) is 2.93. The third-order valence-electron chi connectivity index (χ3n) is 4.27. The summed E-state index contributed by atoms with van der Waals surface area (Å²) in [6.07, 6.45) is 3.19. The number of nitrogens with one attached hydrogen (secondary N) is 1. The molecule has 0 radical (unpaired) electrons. The number of aromatic nitrogens is 4. The molecule has 0 aliphatic heterocycles. The van der Waals surface area contributed by atoms with E-state index in [1.807, 2.05) is 44.2 Å². The Bertz CT molecular complexity index is 1160. The van der Waals surface area contributed by atoms with Crippen LogP contribution in [0.5, 0.6) is 5.75 Å². The van der Waals surface area contributed by atoms with Gasteiger partial charge in [0.1, 0.15) is 17.2 Å². The van der Waals surface area contributed by atoms with Crippen LogP contribution >= 0.6 is 0 Å². The zero-order valence-electron chi connectivity index (χ0n) is 17.1. The number of hydrogen-bond donors (Lipinski definition) is 1. The zero-order valence-corrected chi connectivity index (χ0v) is 17.1. The first-order valence-electron chi connectivity index (χ1n) is 9.77. The Kier molecular flexibility index (Phi) is 5.89. The zero-order chi connectivity index (χ0) is 21.6. The van der Waals surface area contributed by atoms with Crippen molar-refractivity contribution >= 4 is 23.4 Å². The molecule has 4 aromatic rings. The van der Waals surface area contributed by atoms with Gasteiger partial charge in [0, 0.05) is 17.3 Å². The molecule has 1 amide bonds. The van der Waals surface area contributed by atoms with Gasteiger partial charge in [-0.25, -0.2) is 0 Å². The molecule has 156 valence electrons. The molecule has 0 aliphatic carbocycles. The minimum absolute atomic E-state index is 0.0690. The Labute approximate surface area is 179 Å². The maximum Gasteiger partial charge on any atom is 0.274 e. The van der Waals surface area contributed by atoms with Crippen LogP contribution in [0.3, 0.4) is 0 Å². The molecular weight excluding hydrogens is 394 g/mol. The minimum Gasteiger partial charge on any atom is -0.491 e. The maximum atomic E-state index is 13.2. The van der Waals surface area contributed by atoms with Gasteiger partial charge < -0.3 is 14.5 Å². The number of tetrazole rings is 1. The van der Waals surface area contributed by atoms with E-state index in [-0.39, 0.29) is 11.8 Å². The van der Waals surface area contributed by atoms with Crippen molar-refractivity contribution < 1.29 is 13.9 Å². The van der Waals surface area contributed by atoms with Crippen LogP contribution in [0.1, 0.15) is 19.6 Å². The predicted octanol–water partition coefficient (Wildman–Crippen LogP) is 4.36. The number of carbonyl (C=O) groups is 1. The largest absolute Gasteiger partial charge is 0.491 e. The number of rotatable bonds is 7. The molecule has 8 heteroatoms. The number of anilines is 1. The summed E-state index contributed by atoms with van der Waals surface area (Å²) >= 11 is 0. The van der Waals surface area contributed by atoms with Crippen LogP contribution in [-0.4, -0.2) is 32.2 Å². The van der Waals surface area contributed by atoms with E-state index in [4.69, 9.17) is 9.15 Å². The summed E-state index contributed by atoms with van der Waals surface area (Å²) in [6.45, 7) is 3.91. The van der Waals surface area contributed by atoms with E-state index < -0.39 is 5.91 Å². The third kappa shape index (κ3) is 4.87. The summed E-state index contributed by atoms with van der Waals surface area (Å²) in [5, 5.41) is 14.8. The van der Waals surface area contributed by atoms with Gasteiger partial charge in [-0.15, -0.1) is 5.10 Å². The van der Waals surface area contributed by atoms with Crippen molar-refractivity contribution in [2.45, 2.75) is 20.0 Å². The maximum absolute atomic E-state index is 13.2. The summed E-state index contributed by atoms with van der Waals surface area (Å²) in [5.74, 6) is 1.28. The van der Waals surface area contributed by atoms with E-state index in [0.717, 1.165) is 11.3 Å². The first-order valence-corrected chi connectivity index (χ1v) is 9.77. The second-order valence-electron chi connectivity index (χ2n) is 6.97. The lowest BCUT2D eigenvalue weighted by Crippen LogP contribution is -2.19. The summed E-state index contributed by atoms with van der Waals surface area (Å²) in [4.78, 5) is 13.2. The molecule has 2 aromatic carbocycles. The highest BCUT2D eigenvalue weighted by molar-refractivity contribution is 6.24. The highest BCUT2D eigenvalue weighted by Gasteiger charge is 2.20. The molecule has 4 rings (SSSR count). The smallest absolute Gasteiger partial charge is 0.274 e. The second-order valence-corrected chi connectivity index (χ2v) is 6.97. The molecule has 0 spiro atoms. The molecule has 0 fully saturated rings. The number of amides is 1. The van der Waals surface area contributed by atoms with E-state index in [9.17, 15) is 4.79 Å². The first kappa shape index (κ1) is 20.1. The van der Waals surface area contributed by atoms with Crippen LogP contribution in [0.4, 0.5) is 5.69 Å². The SMILES string of the molecule is CC(C)Oc1ccc(NC(=O)/C(=C/c2ccco2)n2nnnc2-c2ccccc2)cc1. The number of nitrogens with zero attached hydrogens (tertiary/aromatic N) is 4. The average Bonchev–Trinajstić information content (AvgIpc) is 3.45. The standard InChI is InChI=1S/C23H21N5O3/c1-16(2)31-19-12-10-18(11-13-19)24-23(29)21(15-20-9-6-14-30-20)28-22(25-26-27-28)17-7-4-3-5-8-17/h3-16H,1-2H3,(H,24,29)/b21-15-. The molecule has 0 atom stereocenters. The highest BCUT2D eigenvalue weighted by Crippen LogP contribution is 2.23. The highest BCUT2D eigenvalue weighted by atomic mass is 16.5. The lowest BCUT2D eigenvalue weighted by atomic mass is 10.2. The Balaban J connectivity index is 1.66. The van der Waals surface area contributed by atoms with Crippen molar-refractivity contribution in [2.24, 2.45) is 0 Å². The number of hydrogen-bond acceptors (Lipinski definition) is 6. The molecular formula is C23H21N5O3. The minimum atomic E-state index is -0.390. The van der Waals surface area contributed by atoms with E-state index in [0.29, 0.717) is 17.3 Å². The van der Waals surface area contributed by atoms with Crippen LogP contribution in [0.2, 0.25) is 0 Å². The average molecular weight is 415 g/mol. The van der Waals surface area contributed by atoms with Crippen LogP contribution in [0.25, 0.3) is 23.2 Å². The predicted molar refractivity (Wildman–Crippen MR) is 117 cm³/mol. The first-order chi connectivity index (χ1) is 15.1. The van der Waals surface area contributed by atoms with Gasteiger partial charge in [0.15, 0.2) is 5.82 Å². The summed E-state index contributed by atoms with van der Waals surface area (Å²) in [5.41, 5.74) is 1.60.